The van der Waals surface area contributed by atoms with Gasteiger partial charge in [0.15, 0.2) is 5.82 Å². The molecule has 0 aliphatic carbocycles. The molecule has 6 nitrogen and oxygen atoms in total. The lowest BCUT2D eigenvalue weighted by molar-refractivity contribution is -0.144. The minimum absolute atomic E-state index is 0.0739. The lowest BCUT2D eigenvalue weighted by Gasteiger charge is -2.45. The van der Waals surface area contributed by atoms with E-state index in [4.69, 9.17) is 17.0 Å². The van der Waals surface area contributed by atoms with Gasteiger partial charge in [-0.05, 0) is 27.5 Å². The molecule has 1 saturated heterocycles. The number of aromatic nitrogens is 2. The normalized spacial score (nSPS) is 14.4. The van der Waals surface area contributed by atoms with Crippen LogP contribution < -0.4 is 15.9 Å². The average Bonchev–Trinajstić information content (AvgIpc) is 3.09. The fourth-order valence-electron chi connectivity index (χ4n) is 5.64. The van der Waals surface area contributed by atoms with Gasteiger partial charge in [0.25, 0.3) is 0 Å². The van der Waals surface area contributed by atoms with E-state index in [9.17, 15) is 9.59 Å². The third kappa shape index (κ3) is 5.77. The second-order valence-corrected chi connectivity index (χ2v) is 14.2. The average molecular weight is 616 g/mol. The monoisotopic (exact) mass is 615 g/mol. The van der Waals surface area contributed by atoms with E-state index < -0.39 is 12.9 Å². The highest BCUT2D eigenvalue weighted by Crippen LogP contribution is 2.49. The molecule has 0 saturated carbocycles. The van der Waals surface area contributed by atoms with Crippen LogP contribution in [0.15, 0.2) is 140 Å². The van der Waals surface area contributed by atoms with Crippen LogP contribution in [0, 0.1) is 0 Å². The Morgan fingerprint density at radius 1 is 0.750 bits per heavy atom. The predicted molar refractivity (Wildman–Crippen MR) is 180 cm³/mol. The van der Waals surface area contributed by atoms with E-state index in [0.717, 1.165) is 21.5 Å². The molecule has 4 aromatic carbocycles. The third-order valence-corrected chi connectivity index (χ3v) is 12.3. The van der Waals surface area contributed by atoms with Crippen LogP contribution >= 0.6 is 19.1 Å². The Morgan fingerprint density at radius 3 is 1.70 bits per heavy atom. The van der Waals surface area contributed by atoms with E-state index in [1.807, 2.05) is 121 Å². The maximum absolute atomic E-state index is 14.7. The van der Waals surface area contributed by atoms with Crippen LogP contribution in [0.5, 0.6) is 0 Å². The van der Waals surface area contributed by atoms with Crippen molar-refractivity contribution in [3.63, 3.8) is 0 Å². The summed E-state index contributed by atoms with van der Waals surface area (Å²) in [7, 11) is 0. The number of carbonyl (C=O) groups excluding carboxylic acids is 2. The first kappa shape index (κ1) is 29.4. The number of nitrogens with zero attached hydrogens (tertiary/aromatic N) is 3. The molecule has 218 valence electrons. The second kappa shape index (κ2) is 13.3. The van der Waals surface area contributed by atoms with Crippen molar-refractivity contribution >= 4 is 57.2 Å². The van der Waals surface area contributed by atoms with Gasteiger partial charge < -0.3 is 9.64 Å². The largest absolute Gasteiger partial charge is 0.456 e. The van der Waals surface area contributed by atoms with Crippen LogP contribution in [0.25, 0.3) is 0 Å². The summed E-state index contributed by atoms with van der Waals surface area (Å²) < 4.78 is 6.10. The van der Waals surface area contributed by atoms with Crippen molar-refractivity contribution in [2.45, 2.75) is 25.5 Å². The minimum atomic E-state index is -2.98. The van der Waals surface area contributed by atoms with Crippen LogP contribution in [-0.2, 0) is 20.9 Å². The minimum Gasteiger partial charge on any atom is -0.456 e. The first-order valence-corrected chi connectivity index (χ1v) is 16.6. The van der Waals surface area contributed by atoms with Crippen molar-refractivity contribution in [2.24, 2.45) is 0 Å². The number of carbonyl (C=O) groups is 2. The van der Waals surface area contributed by atoms with Crippen molar-refractivity contribution in [1.82, 2.24) is 14.9 Å². The summed E-state index contributed by atoms with van der Waals surface area (Å²) in [6, 6.07) is 40.9. The van der Waals surface area contributed by atoms with Gasteiger partial charge in [-0.25, -0.2) is 14.8 Å². The van der Waals surface area contributed by atoms with Crippen LogP contribution in [-0.4, -0.2) is 43.1 Å². The van der Waals surface area contributed by atoms with Crippen molar-refractivity contribution in [2.75, 3.05) is 0 Å². The van der Waals surface area contributed by atoms with Crippen molar-refractivity contribution in [3.05, 3.63) is 151 Å². The van der Waals surface area contributed by atoms with E-state index >= 15 is 0 Å². The number of hydrogen-bond donors (Lipinski definition) is 0. The molecule has 1 amide bonds. The molecular weight excluding hydrogens is 585 g/mol. The quantitative estimate of drug-likeness (QED) is 0.0720. The highest BCUT2D eigenvalue weighted by atomic mass is 32.1. The summed E-state index contributed by atoms with van der Waals surface area (Å²) in [5.74, 6) is -0.227. The Bertz CT molecular complexity index is 1720. The number of β-lactam (4-membered cyclic amide) rings is 1. The maximum Gasteiger partial charge on any atom is 0.356 e. The fourth-order valence-corrected chi connectivity index (χ4v) is 10.4. The zero-order valence-corrected chi connectivity index (χ0v) is 25.6. The Kier molecular flexibility index (Phi) is 8.87. The number of hydrogen-bond acceptors (Lipinski definition) is 6. The summed E-state index contributed by atoms with van der Waals surface area (Å²) in [5, 5.41) is 2.82. The number of rotatable bonds is 10. The molecule has 8 heteroatoms. The summed E-state index contributed by atoms with van der Waals surface area (Å²) in [6.45, 7) is -2.91. The third-order valence-electron chi connectivity index (χ3n) is 7.65. The lowest BCUT2D eigenvalue weighted by atomic mass is 9.96. The van der Waals surface area contributed by atoms with Gasteiger partial charge in [-0.2, -0.15) is 0 Å². The molecule has 1 aromatic heterocycles. The van der Waals surface area contributed by atoms with E-state index in [2.05, 4.69) is 9.97 Å². The van der Waals surface area contributed by atoms with Gasteiger partial charge in [0, 0.05) is 32.1 Å². The molecule has 1 fully saturated rings. The van der Waals surface area contributed by atoms with E-state index in [-0.39, 0.29) is 25.0 Å². The van der Waals surface area contributed by atoms with Gasteiger partial charge in [0.1, 0.15) is 12.0 Å². The highest BCUT2D eigenvalue weighted by molar-refractivity contribution is 7.96. The smallest absolute Gasteiger partial charge is 0.356 e. The number of esters is 1. The van der Waals surface area contributed by atoms with Gasteiger partial charge in [-0.3, -0.25) is 4.79 Å². The molecule has 44 heavy (non-hydrogen) atoms. The summed E-state index contributed by atoms with van der Waals surface area (Å²) in [4.78, 5) is 39.3. The number of ether oxygens (including phenoxy) is 1. The zero-order chi connectivity index (χ0) is 30.4. The molecule has 1 atom stereocenters. The van der Waals surface area contributed by atoms with E-state index in [1.165, 1.54) is 0 Å². The van der Waals surface area contributed by atoms with Gasteiger partial charge in [0.2, 0.25) is 5.91 Å². The van der Waals surface area contributed by atoms with Gasteiger partial charge in [-0.15, -0.1) is 0 Å². The molecule has 1 aliphatic rings. The van der Waals surface area contributed by atoms with Gasteiger partial charge in [-0.1, -0.05) is 134 Å². The van der Waals surface area contributed by atoms with Crippen LogP contribution in [0.3, 0.4) is 0 Å². The Balaban J connectivity index is 1.61. The number of benzene rings is 4. The molecule has 2 heterocycles. The molecule has 0 spiro atoms. The lowest BCUT2D eigenvalue weighted by Crippen LogP contribution is -2.60. The first-order valence-electron chi connectivity index (χ1n) is 14.4. The Hall–Kier alpha value is -4.71. The predicted octanol–water partition coefficient (Wildman–Crippen LogP) is 5.05. The standard InChI is InChI=1S/C36H30N3O3PS/c40-33-25-28(24-32(44)34-37-22-13-23-38-34)39(33)35(36(41)42-26-27-14-5-1-6-15-27)43(29-16-7-2-8-17-29,30-18-9-3-10-19-30)31-20-11-4-12-21-31/h1-23,28H,24-26H2. The zero-order valence-electron chi connectivity index (χ0n) is 23.9. The fraction of sp³-hybridized carbons (Fsp3) is 0.111. The number of likely N-dealkylation sites (tertiary alicyclic amines) is 1. The second-order valence-electron chi connectivity index (χ2n) is 10.4. The van der Waals surface area contributed by atoms with Crippen molar-refractivity contribution in [1.29, 1.82) is 0 Å². The number of thiocarbonyl (C=S) groups is 1. The van der Waals surface area contributed by atoms with Crippen LogP contribution in [0.2, 0.25) is 0 Å². The molecule has 0 radical (unpaired) electrons. The van der Waals surface area contributed by atoms with E-state index in [0.29, 0.717) is 22.5 Å². The molecule has 6 rings (SSSR count). The maximum atomic E-state index is 14.7. The molecular formula is C36H30N3O3PS. The molecule has 1 unspecified atom stereocenters. The van der Waals surface area contributed by atoms with Crippen LogP contribution in [0.1, 0.15) is 24.2 Å². The first-order chi connectivity index (χ1) is 21.6. The van der Waals surface area contributed by atoms with Crippen LogP contribution in [0.4, 0.5) is 0 Å². The SMILES string of the molecule is O=C(OCc1ccccc1)C(N1C(=O)CC1CC(=S)c1ncccn1)=P(c1ccccc1)(c1ccccc1)c1ccccc1. The molecule has 5 aromatic rings. The van der Waals surface area contributed by atoms with E-state index in [1.54, 1.807) is 23.4 Å². The Morgan fingerprint density at radius 2 is 1.23 bits per heavy atom. The van der Waals surface area contributed by atoms with Gasteiger partial charge in [0.05, 0.1) is 10.9 Å². The molecule has 0 N–H and O–H groups in total. The summed E-state index contributed by atoms with van der Waals surface area (Å²) in [5.41, 5.74) is 1.20. The van der Waals surface area contributed by atoms with Crippen molar-refractivity contribution in [3.8, 4) is 0 Å². The van der Waals surface area contributed by atoms with Gasteiger partial charge >= 0.3 is 5.97 Å². The Labute approximate surface area is 262 Å². The summed E-state index contributed by atoms with van der Waals surface area (Å²) >= 11 is 5.75. The number of amides is 1. The molecule has 0 bridgehead atoms. The van der Waals surface area contributed by atoms with Crippen molar-refractivity contribution < 1.29 is 14.3 Å². The molecule has 1 aliphatic heterocycles. The highest BCUT2D eigenvalue weighted by Gasteiger charge is 2.47. The topological polar surface area (TPSA) is 72.4 Å². The summed E-state index contributed by atoms with van der Waals surface area (Å²) in [6.07, 6.45) is 3.89.